The number of amides is 1. The fourth-order valence-corrected chi connectivity index (χ4v) is 5.91. The molecule has 1 aromatic rings. The van der Waals surface area contributed by atoms with Crippen LogP contribution >= 0.6 is 11.8 Å². The van der Waals surface area contributed by atoms with E-state index >= 15 is 0 Å². The molecule has 2 atom stereocenters. The first-order chi connectivity index (χ1) is 16.4. The van der Waals surface area contributed by atoms with Gasteiger partial charge in [0.15, 0.2) is 5.12 Å². The summed E-state index contributed by atoms with van der Waals surface area (Å²) in [6.45, 7) is 3.17. The van der Waals surface area contributed by atoms with Crippen molar-refractivity contribution >= 4 is 34.4 Å². The molecular formula is C27H40N2O4S. The van der Waals surface area contributed by atoms with Gasteiger partial charge in [-0.3, -0.25) is 14.5 Å². The molecule has 2 saturated carbocycles. The third-order valence-electron chi connectivity index (χ3n) is 7.14. The van der Waals surface area contributed by atoms with Gasteiger partial charge in [0.25, 0.3) is 0 Å². The topological polar surface area (TPSA) is 86.7 Å². The highest BCUT2D eigenvalue weighted by atomic mass is 32.2. The Morgan fingerprint density at radius 1 is 1.00 bits per heavy atom. The van der Waals surface area contributed by atoms with Crippen LogP contribution in [0.15, 0.2) is 24.3 Å². The number of benzene rings is 1. The van der Waals surface area contributed by atoms with Crippen molar-refractivity contribution in [2.45, 2.75) is 103 Å². The van der Waals surface area contributed by atoms with Crippen molar-refractivity contribution in [1.29, 1.82) is 0 Å². The number of para-hydroxylation sites is 1. The summed E-state index contributed by atoms with van der Waals surface area (Å²) in [7, 11) is 0. The number of carboxylic acid groups (broad SMARTS) is 1. The van der Waals surface area contributed by atoms with Crippen molar-refractivity contribution in [3.05, 3.63) is 29.8 Å². The van der Waals surface area contributed by atoms with Crippen molar-refractivity contribution in [2.75, 3.05) is 10.7 Å². The van der Waals surface area contributed by atoms with Gasteiger partial charge in [0.1, 0.15) is 6.04 Å². The Bertz CT molecular complexity index is 818. The lowest BCUT2D eigenvalue weighted by Gasteiger charge is -2.30. The molecule has 6 nitrogen and oxygen atoms in total. The summed E-state index contributed by atoms with van der Waals surface area (Å²) in [4.78, 5) is 36.4. The molecule has 0 aromatic heterocycles. The number of nitrogens with one attached hydrogen (secondary N) is 1. The van der Waals surface area contributed by atoms with Gasteiger partial charge in [-0.15, -0.1) is 0 Å². The molecule has 0 radical (unpaired) electrons. The second-order valence-electron chi connectivity index (χ2n) is 9.94. The molecular weight excluding hydrogens is 448 g/mol. The van der Waals surface area contributed by atoms with Crippen molar-refractivity contribution in [1.82, 2.24) is 5.32 Å². The largest absolute Gasteiger partial charge is 0.480 e. The normalized spacial score (nSPS) is 21.8. The first-order valence-corrected chi connectivity index (χ1v) is 13.9. The molecule has 2 unspecified atom stereocenters. The van der Waals surface area contributed by atoms with Crippen molar-refractivity contribution < 1.29 is 19.5 Å². The standard InChI is InChI=1S/C15H17NO4S.C12H23N/c1-9(8-21-10(2)17)14(18)16-12-6-4-3-5-11(12)7-13(16)15(19)20;1-3-7-11(8-4-1)13-12-9-5-2-6-10-12/h3-6,9,13H,7-8H2,1-2H3,(H,19,20);11-13H,1-10H2. The van der Waals surface area contributed by atoms with Crippen LogP contribution in [0.4, 0.5) is 5.69 Å². The van der Waals surface area contributed by atoms with Crippen molar-refractivity contribution in [3.63, 3.8) is 0 Å². The second kappa shape index (κ2) is 13.3. The average molecular weight is 489 g/mol. The fraction of sp³-hybridized carbons (Fsp3) is 0.667. The zero-order valence-electron chi connectivity index (χ0n) is 20.6. The number of hydrogen-bond acceptors (Lipinski definition) is 5. The number of anilines is 1. The number of fused-ring (bicyclic) bond motifs is 1. The van der Waals surface area contributed by atoms with Crippen LogP contribution in [-0.4, -0.2) is 46.0 Å². The molecule has 2 N–H and O–H groups in total. The third-order valence-corrected chi connectivity index (χ3v) is 8.21. The maximum atomic E-state index is 12.6. The van der Waals surface area contributed by atoms with Crippen LogP contribution < -0.4 is 10.2 Å². The summed E-state index contributed by atoms with van der Waals surface area (Å²) < 4.78 is 0. The summed E-state index contributed by atoms with van der Waals surface area (Å²) in [6, 6.07) is 8.11. The summed E-state index contributed by atoms with van der Waals surface area (Å²) >= 11 is 1.08. The number of aliphatic carboxylic acids is 1. The zero-order valence-corrected chi connectivity index (χ0v) is 21.4. The summed E-state index contributed by atoms with van der Waals surface area (Å²) in [5.41, 5.74) is 1.53. The van der Waals surface area contributed by atoms with Crippen molar-refractivity contribution in [2.24, 2.45) is 5.92 Å². The Hall–Kier alpha value is -1.86. The molecule has 0 bridgehead atoms. The molecule has 2 fully saturated rings. The molecule has 34 heavy (non-hydrogen) atoms. The number of rotatable bonds is 6. The summed E-state index contributed by atoms with van der Waals surface area (Å²) in [5.74, 6) is -1.31. The maximum Gasteiger partial charge on any atom is 0.327 e. The van der Waals surface area contributed by atoms with Crippen molar-refractivity contribution in [3.8, 4) is 0 Å². The molecule has 3 aliphatic rings. The van der Waals surface area contributed by atoms with E-state index in [9.17, 15) is 19.5 Å². The van der Waals surface area contributed by atoms with Crippen LogP contribution in [-0.2, 0) is 20.8 Å². The molecule has 188 valence electrons. The Morgan fingerprint density at radius 3 is 2.09 bits per heavy atom. The highest BCUT2D eigenvalue weighted by Gasteiger charge is 2.39. The highest BCUT2D eigenvalue weighted by molar-refractivity contribution is 8.13. The Balaban J connectivity index is 0.000000212. The molecule has 1 heterocycles. The van der Waals surface area contributed by atoms with Crippen LogP contribution in [0, 0.1) is 5.92 Å². The SMILES string of the molecule is C1CCC(NC2CCCCC2)CC1.CC(=O)SCC(C)C(=O)N1c2ccccc2CC1C(=O)O. The van der Waals surface area contributed by atoms with Crippen LogP contribution in [0.2, 0.25) is 0 Å². The van der Waals surface area contributed by atoms with E-state index in [1.807, 2.05) is 12.1 Å². The van der Waals surface area contributed by atoms with Gasteiger partial charge >= 0.3 is 5.97 Å². The van der Waals surface area contributed by atoms with Gasteiger partial charge in [-0.25, -0.2) is 4.79 Å². The number of carboxylic acids is 1. The zero-order chi connectivity index (χ0) is 24.5. The molecule has 1 amide bonds. The lowest BCUT2D eigenvalue weighted by molar-refractivity contribution is -0.140. The maximum absolute atomic E-state index is 12.6. The van der Waals surface area contributed by atoms with Gasteiger partial charge < -0.3 is 10.4 Å². The lowest BCUT2D eigenvalue weighted by atomic mass is 9.91. The van der Waals surface area contributed by atoms with Crippen LogP contribution in [0.3, 0.4) is 0 Å². The van der Waals surface area contributed by atoms with E-state index in [1.54, 1.807) is 19.1 Å². The molecule has 1 aromatic carbocycles. The number of hydrogen-bond donors (Lipinski definition) is 2. The Morgan fingerprint density at radius 2 is 1.56 bits per heavy atom. The van der Waals surface area contributed by atoms with Crippen LogP contribution in [0.5, 0.6) is 0 Å². The van der Waals surface area contributed by atoms with E-state index in [0.29, 0.717) is 17.9 Å². The number of nitrogens with zero attached hydrogens (tertiary/aromatic N) is 1. The first-order valence-electron chi connectivity index (χ1n) is 12.9. The molecule has 0 saturated heterocycles. The van der Waals surface area contributed by atoms with E-state index in [2.05, 4.69) is 5.32 Å². The predicted octanol–water partition coefficient (Wildman–Crippen LogP) is 5.19. The Labute approximate surface area is 208 Å². The third kappa shape index (κ3) is 7.57. The fourth-order valence-electron chi connectivity index (χ4n) is 5.28. The predicted molar refractivity (Wildman–Crippen MR) is 138 cm³/mol. The van der Waals surface area contributed by atoms with Gasteiger partial charge in [0.05, 0.1) is 0 Å². The molecule has 7 heteroatoms. The van der Waals surface area contributed by atoms with Gasteiger partial charge in [0, 0.05) is 42.8 Å². The van der Waals surface area contributed by atoms with E-state index in [1.165, 1.54) is 76.0 Å². The quantitative estimate of drug-likeness (QED) is 0.573. The monoisotopic (exact) mass is 488 g/mol. The van der Waals surface area contributed by atoms with Gasteiger partial charge in [-0.05, 0) is 37.3 Å². The summed E-state index contributed by atoms with van der Waals surface area (Å²) in [5, 5.41) is 13.2. The van der Waals surface area contributed by atoms with E-state index in [4.69, 9.17) is 0 Å². The van der Waals surface area contributed by atoms with E-state index in [-0.39, 0.29) is 11.0 Å². The molecule has 4 rings (SSSR count). The van der Waals surface area contributed by atoms with Gasteiger partial charge in [-0.1, -0.05) is 75.4 Å². The number of carbonyl (C=O) groups is 3. The van der Waals surface area contributed by atoms with Crippen LogP contribution in [0.25, 0.3) is 0 Å². The van der Waals surface area contributed by atoms with Gasteiger partial charge in [-0.2, -0.15) is 0 Å². The second-order valence-corrected chi connectivity index (χ2v) is 11.1. The molecule has 2 aliphatic carbocycles. The van der Waals surface area contributed by atoms with E-state index < -0.39 is 17.9 Å². The highest BCUT2D eigenvalue weighted by Crippen LogP contribution is 2.33. The molecule has 1 aliphatic heterocycles. The van der Waals surface area contributed by atoms with E-state index in [0.717, 1.165) is 29.4 Å². The average Bonchev–Trinajstić information content (AvgIpc) is 3.24. The Kier molecular flexibility index (Phi) is 10.5. The smallest absolute Gasteiger partial charge is 0.327 e. The van der Waals surface area contributed by atoms with Crippen LogP contribution in [0.1, 0.15) is 83.6 Å². The number of thioether (sulfide) groups is 1. The summed E-state index contributed by atoms with van der Waals surface area (Å²) in [6.07, 6.45) is 14.9. The minimum atomic E-state index is -1.01. The minimum Gasteiger partial charge on any atom is -0.480 e. The number of carbonyl (C=O) groups excluding carboxylic acids is 2. The molecule has 0 spiro atoms. The first kappa shape index (κ1) is 26.7. The van der Waals surface area contributed by atoms with Gasteiger partial charge in [0.2, 0.25) is 5.91 Å². The minimum absolute atomic E-state index is 0.0498. The lowest BCUT2D eigenvalue weighted by Crippen LogP contribution is -2.45.